The molecule has 124 valence electrons. The number of amidine groups is 1. The number of nitrogens with zero attached hydrogens (tertiary/aromatic N) is 2. The van der Waals surface area contributed by atoms with Gasteiger partial charge in [0, 0.05) is 11.1 Å². The minimum atomic E-state index is 0.655. The van der Waals surface area contributed by atoms with E-state index in [1.54, 1.807) is 11.3 Å². The average Bonchev–Trinajstić information content (AvgIpc) is 3.11. The van der Waals surface area contributed by atoms with E-state index in [1.807, 2.05) is 73.0 Å². The number of ether oxygens (including phenoxy) is 1. The second-order valence-electron chi connectivity index (χ2n) is 5.48. The van der Waals surface area contributed by atoms with Crippen LogP contribution in [0.2, 0.25) is 0 Å². The van der Waals surface area contributed by atoms with Gasteiger partial charge >= 0.3 is 0 Å². The fourth-order valence-electron chi connectivity index (χ4n) is 2.71. The van der Waals surface area contributed by atoms with Crippen molar-refractivity contribution in [2.75, 3.05) is 6.61 Å². The summed E-state index contributed by atoms with van der Waals surface area (Å²) in [6, 6.07) is 20.1. The van der Waals surface area contributed by atoms with Gasteiger partial charge in [0.1, 0.15) is 5.75 Å². The highest BCUT2D eigenvalue weighted by Gasteiger charge is 2.17. The Kier molecular flexibility index (Phi) is 4.31. The van der Waals surface area contributed by atoms with Crippen LogP contribution in [0.1, 0.15) is 22.9 Å². The van der Waals surface area contributed by atoms with E-state index in [0.29, 0.717) is 6.61 Å². The molecule has 0 saturated carbocycles. The molecule has 5 heteroatoms. The Morgan fingerprint density at radius 3 is 2.60 bits per heavy atom. The lowest BCUT2D eigenvalue weighted by atomic mass is 10.0. The minimum Gasteiger partial charge on any atom is -0.494 e. The highest BCUT2D eigenvalue weighted by atomic mass is 32.1. The number of rotatable bonds is 4. The number of para-hydroxylation sites is 1. The Morgan fingerprint density at radius 1 is 1.00 bits per heavy atom. The van der Waals surface area contributed by atoms with Gasteiger partial charge in [0.05, 0.1) is 22.9 Å². The topological polar surface area (TPSA) is 46.0 Å². The van der Waals surface area contributed by atoms with Crippen LogP contribution in [0.25, 0.3) is 0 Å². The molecule has 0 spiro atoms. The molecular formula is C20H17N3OS. The van der Waals surface area contributed by atoms with Crippen LogP contribution >= 0.6 is 11.3 Å². The summed E-state index contributed by atoms with van der Waals surface area (Å²) >= 11 is 1.64. The second kappa shape index (κ2) is 6.91. The predicted molar refractivity (Wildman–Crippen MR) is 103 cm³/mol. The van der Waals surface area contributed by atoms with Gasteiger partial charge in [-0.3, -0.25) is 5.43 Å². The molecule has 1 N–H and O–H groups in total. The molecule has 0 aliphatic carbocycles. The fourth-order valence-corrected chi connectivity index (χ4v) is 3.37. The maximum atomic E-state index is 5.53. The average molecular weight is 347 g/mol. The third kappa shape index (κ3) is 3.19. The van der Waals surface area contributed by atoms with E-state index < -0.39 is 0 Å². The summed E-state index contributed by atoms with van der Waals surface area (Å²) < 4.78 is 5.53. The van der Waals surface area contributed by atoms with E-state index in [2.05, 4.69) is 10.5 Å². The van der Waals surface area contributed by atoms with Crippen molar-refractivity contribution >= 4 is 28.6 Å². The number of hydrogen-bond donors (Lipinski definition) is 1. The maximum Gasteiger partial charge on any atom is 0.164 e. The summed E-state index contributed by atoms with van der Waals surface area (Å²) in [5, 5.41) is 6.68. The van der Waals surface area contributed by atoms with Gasteiger partial charge in [0.25, 0.3) is 0 Å². The summed E-state index contributed by atoms with van der Waals surface area (Å²) in [7, 11) is 0. The highest BCUT2D eigenvalue weighted by Crippen LogP contribution is 2.26. The zero-order chi connectivity index (χ0) is 17.1. The Morgan fingerprint density at radius 2 is 1.84 bits per heavy atom. The minimum absolute atomic E-state index is 0.655. The van der Waals surface area contributed by atoms with Gasteiger partial charge in [-0.2, -0.15) is 5.10 Å². The molecule has 0 fully saturated rings. The van der Waals surface area contributed by atoms with Crippen LogP contribution in [0, 0.1) is 0 Å². The van der Waals surface area contributed by atoms with E-state index in [0.717, 1.165) is 39.0 Å². The monoisotopic (exact) mass is 347 g/mol. The molecule has 4 nitrogen and oxygen atoms in total. The molecule has 0 saturated heterocycles. The Labute approximate surface area is 150 Å². The third-order valence-corrected chi connectivity index (χ3v) is 4.73. The SMILES string of the molecule is CCOc1ccc(C2=NNC(c3cccs3)=Nc3ccccc32)cc1. The van der Waals surface area contributed by atoms with Crippen molar-refractivity contribution in [2.24, 2.45) is 10.1 Å². The standard InChI is InChI=1S/C20H17N3OS/c1-2-24-15-11-9-14(10-12-15)19-16-6-3-4-7-17(16)21-20(23-22-19)18-8-5-13-25-18/h3-13H,2H2,1H3,(H,21,23). The molecule has 2 heterocycles. The van der Waals surface area contributed by atoms with E-state index >= 15 is 0 Å². The zero-order valence-corrected chi connectivity index (χ0v) is 14.6. The highest BCUT2D eigenvalue weighted by molar-refractivity contribution is 7.12. The summed E-state index contributed by atoms with van der Waals surface area (Å²) in [5.74, 6) is 1.63. The normalized spacial score (nSPS) is 13.2. The largest absolute Gasteiger partial charge is 0.494 e. The summed E-state index contributed by atoms with van der Waals surface area (Å²) in [6.45, 7) is 2.63. The van der Waals surface area contributed by atoms with Crippen molar-refractivity contribution in [1.82, 2.24) is 5.43 Å². The van der Waals surface area contributed by atoms with Crippen molar-refractivity contribution in [2.45, 2.75) is 6.92 Å². The number of nitrogens with one attached hydrogen (secondary N) is 1. The van der Waals surface area contributed by atoms with Gasteiger partial charge < -0.3 is 4.74 Å². The summed E-state index contributed by atoms with van der Waals surface area (Å²) in [4.78, 5) is 5.84. The van der Waals surface area contributed by atoms with Gasteiger partial charge in [-0.1, -0.05) is 24.3 Å². The molecule has 0 bridgehead atoms. The van der Waals surface area contributed by atoms with Gasteiger partial charge in [-0.15, -0.1) is 11.3 Å². The predicted octanol–water partition coefficient (Wildman–Crippen LogP) is 4.58. The number of fused-ring (bicyclic) bond motifs is 1. The summed E-state index contributed by atoms with van der Waals surface area (Å²) in [6.07, 6.45) is 0. The molecule has 1 aliphatic heterocycles. The van der Waals surface area contributed by atoms with Crippen molar-refractivity contribution in [1.29, 1.82) is 0 Å². The number of hydrogen-bond acceptors (Lipinski definition) is 5. The van der Waals surface area contributed by atoms with E-state index in [1.165, 1.54) is 0 Å². The zero-order valence-electron chi connectivity index (χ0n) is 13.8. The molecule has 1 aromatic heterocycles. The molecule has 0 unspecified atom stereocenters. The van der Waals surface area contributed by atoms with Crippen LogP contribution in [0.3, 0.4) is 0 Å². The van der Waals surface area contributed by atoms with E-state index in [4.69, 9.17) is 9.73 Å². The van der Waals surface area contributed by atoms with Crippen molar-refractivity contribution < 1.29 is 4.74 Å². The number of aliphatic imine (C=N–C) groups is 1. The Balaban J connectivity index is 1.77. The smallest absolute Gasteiger partial charge is 0.164 e. The Hall–Kier alpha value is -2.92. The Bertz CT molecular complexity index is 928. The molecule has 25 heavy (non-hydrogen) atoms. The van der Waals surface area contributed by atoms with Crippen LogP contribution < -0.4 is 10.2 Å². The number of thiophene rings is 1. The lowest BCUT2D eigenvalue weighted by Crippen LogP contribution is -2.18. The molecular weight excluding hydrogens is 330 g/mol. The van der Waals surface area contributed by atoms with Gasteiger partial charge in [0.15, 0.2) is 5.84 Å². The first-order valence-electron chi connectivity index (χ1n) is 8.14. The number of benzene rings is 2. The van der Waals surface area contributed by atoms with E-state index in [-0.39, 0.29) is 0 Å². The lowest BCUT2D eigenvalue weighted by molar-refractivity contribution is 0.340. The molecule has 4 rings (SSSR count). The molecule has 2 aromatic carbocycles. The first-order chi connectivity index (χ1) is 12.3. The molecule has 0 amide bonds. The van der Waals surface area contributed by atoms with Crippen LogP contribution in [-0.2, 0) is 0 Å². The van der Waals surface area contributed by atoms with Crippen LogP contribution in [0.4, 0.5) is 5.69 Å². The summed E-state index contributed by atoms with van der Waals surface area (Å²) in [5.41, 5.74) is 6.94. The van der Waals surface area contributed by atoms with E-state index in [9.17, 15) is 0 Å². The van der Waals surface area contributed by atoms with Crippen LogP contribution in [-0.4, -0.2) is 18.2 Å². The van der Waals surface area contributed by atoms with Crippen molar-refractivity contribution in [3.8, 4) is 5.75 Å². The molecule has 3 aromatic rings. The van der Waals surface area contributed by atoms with Crippen molar-refractivity contribution in [3.63, 3.8) is 0 Å². The quantitative estimate of drug-likeness (QED) is 0.751. The third-order valence-electron chi connectivity index (χ3n) is 3.86. The van der Waals surface area contributed by atoms with Crippen LogP contribution in [0.5, 0.6) is 5.75 Å². The van der Waals surface area contributed by atoms with Crippen molar-refractivity contribution in [3.05, 3.63) is 82.0 Å². The van der Waals surface area contributed by atoms with Gasteiger partial charge in [-0.05, 0) is 48.7 Å². The molecule has 1 aliphatic rings. The second-order valence-corrected chi connectivity index (χ2v) is 6.43. The molecule has 0 atom stereocenters. The first kappa shape index (κ1) is 15.6. The molecule has 0 radical (unpaired) electrons. The lowest BCUT2D eigenvalue weighted by Gasteiger charge is -2.09. The first-order valence-corrected chi connectivity index (χ1v) is 9.02. The van der Waals surface area contributed by atoms with Crippen LogP contribution in [0.15, 0.2) is 76.1 Å². The van der Waals surface area contributed by atoms with Gasteiger partial charge in [-0.25, -0.2) is 4.99 Å². The maximum absolute atomic E-state index is 5.53. The van der Waals surface area contributed by atoms with Gasteiger partial charge in [0.2, 0.25) is 0 Å². The fraction of sp³-hybridized carbons (Fsp3) is 0.100. The number of hydrazone groups is 1.